The van der Waals surface area contributed by atoms with Crippen molar-refractivity contribution in [1.82, 2.24) is 0 Å². The molecule has 0 radical (unpaired) electrons. The molecule has 0 unspecified atom stereocenters. The van der Waals surface area contributed by atoms with E-state index in [1.54, 1.807) is 6.92 Å². The number of carbonyl (C=O) groups excluding carboxylic acids is 1. The monoisotopic (exact) mass is 421 g/mol. The van der Waals surface area contributed by atoms with E-state index in [0.29, 0.717) is 5.31 Å². The number of ketones is 1. The predicted octanol–water partition coefficient (Wildman–Crippen LogP) is 5.33. The summed E-state index contributed by atoms with van der Waals surface area (Å²) in [6.45, 7) is 1.64. The van der Waals surface area contributed by atoms with E-state index in [9.17, 15) is 4.79 Å². The SMILES string of the molecule is CC(=O)C(=[C-]Nc1ccccc1)[P+](c1ccccc1)(c1ccccc1)c1ccccc1. The number of para-hydroxylation sites is 1. The van der Waals surface area contributed by atoms with Crippen LogP contribution < -0.4 is 21.2 Å². The largest absolute Gasteiger partial charge is 0.465 e. The first-order valence-corrected chi connectivity index (χ1v) is 12.0. The summed E-state index contributed by atoms with van der Waals surface area (Å²) in [5.74, 6) is 0.00771. The van der Waals surface area contributed by atoms with E-state index in [-0.39, 0.29) is 5.78 Å². The zero-order valence-electron chi connectivity index (χ0n) is 17.4. The molecule has 31 heavy (non-hydrogen) atoms. The molecule has 0 fully saturated rings. The normalized spacial score (nSPS) is 11.7. The molecule has 152 valence electrons. The van der Waals surface area contributed by atoms with Gasteiger partial charge < -0.3 is 10.1 Å². The summed E-state index contributed by atoms with van der Waals surface area (Å²) in [6.07, 6.45) is 3.34. The minimum Gasteiger partial charge on any atom is -0.465 e. The molecule has 4 rings (SSSR count). The maximum Gasteiger partial charge on any atom is 0.124 e. The number of carbonyl (C=O) groups is 1. The maximum atomic E-state index is 13.2. The third kappa shape index (κ3) is 4.21. The molecule has 0 spiro atoms. The molecule has 0 saturated heterocycles. The van der Waals surface area contributed by atoms with Gasteiger partial charge in [-0.15, -0.1) is 0 Å². The Balaban J connectivity index is 2.04. The highest BCUT2D eigenvalue weighted by molar-refractivity contribution is 7.99. The van der Waals surface area contributed by atoms with Crippen LogP contribution in [0.1, 0.15) is 6.92 Å². The van der Waals surface area contributed by atoms with Gasteiger partial charge in [0, 0.05) is 0 Å². The number of allylic oxidation sites excluding steroid dienone is 1. The number of anilines is 1. The van der Waals surface area contributed by atoms with E-state index in [1.165, 1.54) is 0 Å². The van der Waals surface area contributed by atoms with Gasteiger partial charge in [-0.05, 0) is 43.3 Å². The van der Waals surface area contributed by atoms with Crippen molar-refractivity contribution in [1.29, 1.82) is 0 Å². The van der Waals surface area contributed by atoms with Crippen molar-refractivity contribution in [3.8, 4) is 0 Å². The van der Waals surface area contributed by atoms with E-state index in [0.717, 1.165) is 21.6 Å². The van der Waals surface area contributed by atoms with Crippen LogP contribution in [0.5, 0.6) is 0 Å². The van der Waals surface area contributed by atoms with E-state index in [4.69, 9.17) is 0 Å². The maximum absolute atomic E-state index is 13.2. The number of hydrogen-bond acceptors (Lipinski definition) is 2. The van der Waals surface area contributed by atoms with Crippen LogP contribution in [0.2, 0.25) is 0 Å². The Bertz CT molecular complexity index is 1060. The fraction of sp³-hybridized carbons (Fsp3) is 0.0357. The van der Waals surface area contributed by atoms with E-state index in [1.807, 2.05) is 84.9 Å². The molecular weight excluding hydrogens is 397 g/mol. The molecule has 1 N–H and O–H groups in total. The lowest BCUT2D eigenvalue weighted by Crippen LogP contribution is -2.34. The first kappa shape index (κ1) is 20.8. The van der Waals surface area contributed by atoms with Crippen LogP contribution >= 0.6 is 7.26 Å². The Hall–Kier alpha value is -3.48. The Labute approximate surface area is 184 Å². The fourth-order valence-electron chi connectivity index (χ4n) is 3.85. The molecule has 0 aromatic heterocycles. The van der Waals surface area contributed by atoms with Gasteiger partial charge in [0.15, 0.2) is 0 Å². The Morgan fingerprint density at radius 3 is 1.32 bits per heavy atom. The average molecular weight is 421 g/mol. The number of benzene rings is 4. The van der Waals surface area contributed by atoms with Crippen LogP contribution in [0, 0.1) is 6.20 Å². The van der Waals surface area contributed by atoms with Crippen LogP contribution in [-0.2, 0) is 4.79 Å². The molecule has 0 heterocycles. The molecule has 0 aliphatic heterocycles. The highest BCUT2D eigenvalue weighted by atomic mass is 31.2. The van der Waals surface area contributed by atoms with Gasteiger partial charge in [-0.25, -0.2) is 0 Å². The van der Waals surface area contributed by atoms with E-state index in [2.05, 4.69) is 47.9 Å². The standard InChI is InChI=1S/C28H24NOP/c1-23(30)28(22-29-24-14-6-2-7-15-24)31(25-16-8-3-9-17-25,26-18-10-4-11-19-26)27-20-12-5-13-21-27/h2-21,29H,1H3. The van der Waals surface area contributed by atoms with Crippen molar-refractivity contribution in [3.63, 3.8) is 0 Å². The van der Waals surface area contributed by atoms with Crippen LogP contribution in [0.25, 0.3) is 0 Å². The van der Waals surface area contributed by atoms with Crippen LogP contribution in [-0.4, -0.2) is 5.78 Å². The zero-order valence-corrected chi connectivity index (χ0v) is 18.3. The summed E-state index contributed by atoms with van der Waals surface area (Å²) in [4.78, 5) is 13.2. The fourth-order valence-corrected chi connectivity index (χ4v) is 8.07. The zero-order chi connectivity index (χ0) is 21.5. The smallest absolute Gasteiger partial charge is 0.124 e. The van der Waals surface area contributed by atoms with E-state index >= 15 is 0 Å². The Kier molecular flexibility index (Phi) is 6.40. The second kappa shape index (κ2) is 9.55. The lowest BCUT2D eigenvalue weighted by molar-refractivity contribution is -0.113. The third-order valence-electron chi connectivity index (χ3n) is 5.20. The van der Waals surface area contributed by atoms with Crippen molar-refractivity contribution in [3.05, 3.63) is 133 Å². The molecule has 0 amide bonds. The molecule has 0 saturated carbocycles. The first-order valence-electron chi connectivity index (χ1n) is 10.2. The molecule has 4 aromatic rings. The average Bonchev–Trinajstić information content (AvgIpc) is 2.84. The molecule has 3 heteroatoms. The lowest BCUT2D eigenvalue weighted by Gasteiger charge is -2.31. The summed E-state index contributed by atoms with van der Waals surface area (Å²) >= 11 is 0. The minimum absolute atomic E-state index is 0.00771. The number of hydrogen-bond donors (Lipinski definition) is 1. The summed E-state index contributed by atoms with van der Waals surface area (Å²) in [5, 5.41) is 7.30. The van der Waals surface area contributed by atoms with Gasteiger partial charge in [0.25, 0.3) is 0 Å². The highest BCUT2D eigenvalue weighted by Crippen LogP contribution is 2.62. The molecular formula is C28H24NOP. The van der Waals surface area contributed by atoms with Crippen molar-refractivity contribution < 1.29 is 4.79 Å². The molecule has 0 aliphatic rings. The number of nitrogens with one attached hydrogen (secondary N) is 1. The molecule has 2 nitrogen and oxygen atoms in total. The molecule has 4 aromatic carbocycles. The number of Topliss-reactive ketones (excluding diaryl/α,β-unsaturated/α-hetero) is 1. The predicted molar refractivity (Wildman–Crippen MR) is 133 cm³/mol. The van der Waals surface area contributed by atoms with Crippen molar-refractivity contribution in [2.75, 3.05) is 5.32 Å². The summed E-state index contributed by atoms with van der Waals surface area (Å²) in [6, 6.07) is 40.9. The van der Waals surface area contributed by atoms with Crippen LogP contribution in [0.15, 0.2) is 127 Å². The second-order valence-electron chi connectivity index (χ2n) is 7.20. The Morgan fingerprint density at radius 2 is 0.968 bits per heavy atom. The van der Waals surface area contributed by atoms with Gasteiger partial charge in [0.05, 0.1) is 11.1 Å². The quantitative estimate of drug-likeness (QED) is 0.189. The van der Waals surface area contributed by atoms with Gasteiger partial charge in [-0.2, -0.15) is 0 Å². The van der Waals surface area contributed by atoms with Gasteiger partial charge in [-0.1, -0.05) is 96.8 Å². The van der Waals surface area contributed by atoms with E-state index < -0.39 is 7.26 Å². The van der Waals surface area contributed by atoms with Gasteiger partial charge in [-0.3, -0.25) is 0 Å². The van der Waals surface area contributed by atoms with Crippen LogP contribution in [0.4, 0.5) is 5.69 Å². The summed E-state index contributed by atoms with van der Waals surface area (Å²) < 4.78 is 0. The van der Waals surface area contributed by atoms with Crippen molar-refractivity contribution in [2.24, 2.45) is 0 Å². The van der Waals surface area contributed by atoms with Crippen LogP contribution in [0.3, 0.4) is 0 Å². The number of rotatable bonds is 7. The second-order valence-corrected chi connectivity index (χ2v) is 10.5. The van der Waals surface area contributed by atoms with Gasteiger partial charge in [0.1, 0.15) is 23.2 Å². The molecule has 0 aliphatic carbocycles. The molecule has 0 atom stereocenters. The topological polar surface area (TPSA) is 29.1 Å². The highest BCUT2D eigenvalue weighted by Gasteiger charge is 2.48. The van der Waals surface area contributed by atoms with Crippen molar-refractivity contribution >= 4 is 34.6 Å². The molecule has 0 bridgehead atoms. The third-order valence-corrected chi connectivity index (χ3v) is 9.51. The van der Waals surface area contributed by atoms with Gasteiger partial charge in [0.2, 0.25) is 0 Å². The van der Waals surface area contributed by atoms with Gasteiger partial charge >= 0.3 is 0 Å². The summed E-state index contributed by atoms with van der Waals surface area (Å²) in [7, 11) is -2.46. The first-order chi connectivity index (χ1) is 15.2. The lowest BCUT2D eigenvalue weighted by atomic mass is 10.3. The Morgan fingerprint density at radius 1 is 0.613 bits per heavy atom. The minimum atomic E-state index is -2.46. The van der Waals surface area contributed by atoms with Crippen molar-refractivity contribution in [2.45, 2.75) is 6.92 Å². The summed E-state index contributed by atoms with van der Waals surface area (Å²) in [5.41, 5.74) is 0.897.